The van der Waals surface area contributed by atoms with Crippen molar-refractivity contribution >= 4 is 11.9 Å². The number of hydrogen-bond donors (Lipinski definition) is 2. The largest absolute Gasteiger partial charge is 0.480 e. The number of nitrogens with one attached hydrogen (secondary N) is 1. The zero-order chi connectivity index (χ0) is 16.0. The molecule has 0 spiro atoms. The first-order chi connectivity index (χ1) is 9.79. The number of aliphatic carboxylic acids is 1. The minimum Gasteiger partial charge on any atom is -0.480 e. The summed E-state index contributed by atoms with van der Waals surface area (Å²) in [6.45, 7) is 0.675. The molecule has 0 fully saturated rings. The first-order valence-corrected chi connectivity index (χ1v) is 6.38. The Bertz CT molecular complexity index is 506. The Kier molecular flexibility index (Phi) is 6.08. The van der Waals surface area contributed by atoms with Crippen LogP contribution < -0.4 is 10.1 Å². The fraction of sp³-hybridized carbons (Fsp3) is 0.429. The molecule has 0 unspecified atom stereocenters. The second kappa shape index (κ2) is 7.56. The molecule has 1 atom stereocenters. The first-order valence-electron chi connectivity index (χ1n) is 6.38. The van der Waals surface area contributed by atoms with Crippen molar-refractivity contribution in [3.8, 4) is 5.75 Å². The van der Waals surface area contributed by atoms with Gasteiger partial charge in [-0.1, -0.05) is 19.9 Å². The lowest BCUT2D eigenvalue weighted by molar-refractivity contribution is -0.139. The Morgan fingerprint density at radius 1 is 1.33 bits per heavy atom. The fourth-order valence-electron chi connectivity index (χ4n) is 1.75. The van der Waals surface area contributed by atoms with E-state index in [1.807, 2.05) is 13.8 Å². The van der Waals surface area contributed by atoms with E-state index < -0.39 is 24.5 Å². The maximum Gasteiger partial charge on any atom is 0.387 e. The number of carbonyl (C=O) groups is 2. The number of rotatable bonds is 7. The molecule has 116 valence electrons. The fourth-order valence-corrected chi connectivity index (χ4v) is 1.75. The van der Waals surface area contributed by atoms with Crippen LogP contribution in [0, 0.1) is 5.92 Å². The molecule has 1 amide bonds. The van der Waals surface area contributed by atoms with Crippen LogP contribution >= 0.6 is 0 Å². The van der Waals surface area contributed by atoms with Crippen LogP contribution in [0.15, 0.2) is 24.3 Å². The number of alkyl halides is 2. The number of carboxylic acids is 1. The monoisotopic (exact) mass is 301 g/mol. The van der Waals surface area contributed by atoms with Gasteiger partial charge in [0.1, 0.15) is 11.8 Å². The molecule has 7 heteroatoms. The van der Waals surface area contributed by atoms with Gasteiger partial charge in [-0.15, -0.1) is 0 Å². The van der Waals surface area contributed by atoms with Crippen LogP contribution in [0.5, 0.6) is 5.75 Å². The minimum atomic E-state index is -2.99. The quantitative estimate of drug-likeness (QED) is 0.811. The molecular formula is C14H17F2NO4. The van der Waals surface area contributed by atoms with Crippen LogP contribution in [0.3, 0.4) is 0 Å². The third-order valence-corrected chi connectivity index (χ3v) is 2.63. The minimum absolute atomic E-state index is 0.0585. The molecule has 1 rings (SSSR count). The Balaban J connectivity index is 2.80. The van der Waals surface area contributed by atoms with Gasteiger partial charge in [-0.25, -0.2) is 4.79 Å². The van der Waals surface area contributed by atoms with E-state index in [2.05, 4.69) is 10.1 Å². The van der Waals surface area contributed by atoms with Crippen LogP contribution in [-0.4, -0.2) is 29.6 Å². The highest BCUT2D eigenvalue weighted by molar-refractivity contribution is 5.96. The molecule has 0 saturated heterocycles. The number of ether oxygens (including phenoxy) is 1. The topological polar surface area (TPSA) is 75.6 Å². The third-order valence-electron chi connectivity index (χ3n) is 2.63. The van der Waals surface area contributed by atoms with E-state index >= 15 is 0 Å². The molecule has 0 aliphatic carbocycles. The SMILES string of the molecule is CC(C)C[C@H](NC(=O)c1cccc(OC(F)F)c1)C(=O)O. The average molecular weight is 301 g/mol. The van der Waals surface area contributed by atoms with Gasteiger partial charge in [-0.05, 0) is 30.5 Å². The van der Waals surface area contributed by atoms with Gasteiger partial charge in [0, 0.05) is 5.56 Å². The summed E-state index contributed by atoms with van der Waals surface area (Å²) in [5.74, 6) is -1.87. The standard InChI is InChI=1S/C14H17F2NO4/c1-8(2)6-11(13(19)20)17-12(18)9-4-3-5-10(7-9)21-14(15)16/h3-5,7-8,11,14H,6H2,1-2H3,(H,17,18)(H,19,20)/t11-/m0/s1. The summed E-state index contributed by atoms with van der Waals surface area (Å²) in [5, 5.41) is 11.4. The van der Waals surface area contributed by atoms with Gasteiger partial charge in [0.15, 0.2) is 0 Å². The number of hydrogen-bond acceptors (Lipinski definition) is 3. The van der Waals surface area contributed by atoms with Gasteiger partial charge in [0.05, 0.1) is 0 Å². The van der Waals surface area contributed by atoms with Gasteiger partial charge < -0.3 is 15.2 Å². The summed E-state index contributed by atoms with van der Waals surface area (Å²) in [4.78, 5) is 23.0. The lowest BCUT2D eigenvalue weighted by atomic mass is 10.0. The van der Waals surface area contributed by atoms with Crippen LogP contribution in [0.25, 0.3) is 0 Å². The molecule has 0 aromatic heterocycles. The summed E-state index contributed by atoms with van der Waals surface area (Å²) < 4.78 is 28.4. The highest BCUT2D eigenvalue weighted by Crippen LogP contribution is 2.16. The molecule has 1 aromatic carbocycles. The van der Waals surface area contributed by atoms with E-state index in [0.717, 1.165) is 6.07 Å². The molecule has 0 bridgehead atoms. The predicted molar refractivity (Wildman–Crippen MR) is 71.4 cm³/mol. The maximum absolute atomic E-state index is 12.1. The normalized spacial score (nSPS) is 12.3. The zero-order valence-corrected chi connectivity index (χ0v) is 11.7. The number of carboxylic acid groups (broad SMARTS) is 1. The first kappa shape index (κ1) is 16.9. The molecule has 0 radical (unpaired) electrons. The number of benzene rings is 1. The molecule has 1 aromatic rings. The van der Waals surface area contributed by atoms with Crippen LogP contribution in [0.1, 0.15) is 30.6 Å². The Morgan fingerprint density at radius 2 is 2.00 bits per heavy atom. The second-order valence-electron chi connectivity index (χ2n) is 4.90. The van der Waals surface area contributed by atoms with Crippen LogP contribution in [-0.2, 0) is 4.79 Å². The molecule has 0 saturated carbocycles. The van der Waals surface area contributed by atoms with Gasteiger partial charge in [-0.2, -0.15) is 8.78 Å². The summed E-state index contributed by atoms with van der Waals surface area (Å²) in [7, 11) is 0. The molecule has 5 nitrogen and oxygen atoms in total. The molecule has 2 N–H and O–H groups in total. The highest BCUT2D eigenvalue weighted by atomic mass is 19.3. The van der Waals surface area contributed by atoms with Crippen molar-refractivity contribution in [2.45, 2.75) is 32.9 Å². The van der Waals surface area contributed by atoms with Crippen LogP contribution in [0.2, 0.25) is 0 Å². The number of halogens is 2. The molecular weight excluding hydrogens is 284 g/mol. The third kappa shape index (κ3) is 5.76. The maximum atomic E-state index is 12.1. The van der Waals surface area contributed by atoms with Crippen molar-refractivity contribution in [1.29, 1.82) is 0 Å². The van der Waals surface area contributed by atoms with Gasteiger partial charge >= 0.3 is 12.6 Å². The van der Waals surface area contributed by atoms with Crippen LogP contribution in [0.4, 0.5) is 8.78 Å². The van der Waals surface area contributed by atoms with Crippen molar-refractivity contribution in [2.24, 2.45) is 5.92 Å². The van der Waals surface area contributed by atoms with Crippen molar-refractivity contribution in [3.63, 3.8) is 0 Å². The lowest BCUT2D eigenvalue weighted by Gasteiger charge is -2.16. The molecule has 0 aliphatic heterocycles. The van der Waals surface area contributed by atoms with Gasteiger partial charge in [-0.3, -0.25) is 4.79 Å². The molecule has 0 heterocycles. The smallest absolute Gasteiger partial charge is 0.387 e. The molecule has 21 heavy (non-hydrogen) atoms. The Labute approximate surface area is 120 Å². The second-order valence-corrected chi connectivity index (χ2v) is 4.90. The van der Waals surface area contributed by atoms with E-state index in [4.69, 9.17) is 5.11 Å². The zero-order valence-electron chi connectivity index (χ0n) is 11.7. The van der Waals surface area contributed by atoms with Gasteiger partial charge in [0.25, 0.3) is 5.91 Å². The van der Waals surface area contributed by atoms with E-state index in [-0.39, 0.29) is 23.7 Å². The average Bonchev–Trinajstić information content (AvgIpc) is 2.36. The van der Waals surface area contributed by atoms with E-state index in [1.54, 1.807) is 0 Å². The Hall–Kier alpha value is -2.18. The summed E-state index contributed by atoms with van der Waals surface area (Å²) in [6, 6.07) is 4.16. The summed E-state index contributed by atoms with van der Waals surface area (Å²) >= 11 is 0. The lowest BCUT2D eigenvalue weighted by Crippen LogP contribution is -2.41. The van der Waals surface area contributed by atoms with E-state index in [9.17, 15) is 18.4 Å². The Morgan fingerprint density at radius 3 is 2.52 bits per heavy atom. The van der Waals surface area contributed by atoms with Crippen molar-refractivity contribution in [3.05, 3.63) is 29.8 Å². The van der Waals surface area contributed by atoms with E-state index in [1.165, 1.54) is 18.2 Å². The number of carbonyl (C=O) groups excluding carboxylic acids is 1. The highest BCUT2D eigenvalue weighted by Gasteiger charge is 2.22. The van der Waals surface area contributed by atoms with Crippen molar-refractivity contribution in [2.75, 3.05) is 0 Å². The predicted octanol–water partition coefficient (Wildman–Crippen LogP) is 2.52. The van der Waals surface area contributed by atoms with Crippen molar-refractivity contribution < 1.29 is 28.2 Å². The van der Waals surface area contributed by atoms with E-state index in [0.29, 0.717) is 0 Å². The van der Waals surface area contributed by atoms with Crippen molar-refractivity contribution in [1.82, 2.24) is 5.32 Å². The summed E-state index contributed by atoms with van der Waals surface area (Å²) in [5.41, 5.74) is 0.0585. The van der Waals surface area contributed by atoms with Gasteiger partial charge in [0.2, 0.25) is 0 Å². The molecule has 0 aliphatic rings. The summed E-state index contributed by atoms with van der Waals surface area (Å²) in [6.07, 6.45) is 0.272. The number of amides is 1.